The van der Waals surface area contributed by atoms with Crippen molar-refractivity contribution in [2.75, 3.05) is 14.1 Å². The number of likely N-dealkylation sites (N-methyl/N-ethyl adjacent to an activating group) is 2. The fourth-order valence-corrected chi connectivity index (χ4v) is 4.47. The second kappa shape index (κ2) is 7.54. The lowest BCUT2D eigenvalue weighted by Crippen LogP contribution is -2.69. The molecule has 0 saturated carbocycles. The molecule has 3 aromatic rings. The summed E-state index contributed by atoms with van der Waals surface area (Å²) in [7, 11) is 3.28. The molecule has 160 valence electrons. The molecule has 1 aromatic heterocycles. The first kappa shape index (κ1) is 20.6. The van der Waals surface area contributed by atoms with Crippen molar-refractivity contribution in [3.05, 3.63) is 76.0 Å². The number of nitro groups is 1. The van der Waals surface area contributed by atoms with Crippen LogP contribution in [0.3, 0.4) is 0 Å². The van der Waals surface area contributed by atoms with Gasteiger partial charge in [0.05, 0.1) is 15.8 Å². The number of aromatic amines is 1. The summed E-state index contributed by atoms with van der Waals surface area (Å²) in [5.41, 5.74) is 1.21. The van der Waals surface area contributed by atoms with Crippen LogP contribution in [0, 0.1) is 10.1 Å². The zero-order valence-corrected chi connectivity index (χ0v) is 17.7. The van der Waals surface area contributed by atoms with E-state index < -0.39 is 16.5 Å². The van der Waals surface area contributed by atoms with Gasteiger partial charge >= 0.3 is 0 Å². The van der Waals surface area contributed by atoms with Crippen molar-refractivity contribution in [3.63, 3.8) is 0 Å². The summed E-state index contributed by atoms with van der Waals surface area (Å²) in [6.07, 6.45) is 2.28. The molecule has 2 unspecified atom stereocenters. The Balaban J connectivity index is 1.67. The summed E-state index contributed by atoms with van der Waals surface area (Å²) in [6, 6.07) is 13.7. The van der Waals surface area contributed by atoms with Gasteiger partial charge in [-0.25, -0.2) is 0 Å². The highest BCUT2D eigenvalue weighted by atomic mass is 16.6. The molecule has 2 amide bonds. The second-order valence-electron chi connectivity index (χ2n) is 8.24. The molecule has 0 aliphatic carbocycles. The molecule has 8 nitrogen and oxygen atoms in total. The fraction of sp³-hybridized carbons (Fsp3) is 0.304. The molecule has 1 N–H and O–H groups in total. The number of fused-ring (bicyclic) bond motifs is 1. The number of aromatic nitrogens is 1. The molecule has 4 rings (SSSR count). The number of non-ortho nitro benzene ring substituents is 1. The maximum atomic E-state index is 13.4. The Morgan fingerprint density at radius 2 is 1.81 bits per heavy atom. The summed E-state index contributed by atoms with van der Waals surface area (Å²) in [5.74, 6) is -0.341. The zero-order valence-electron chi connectivity index (χ0n) is 17.7. The van der Waals surface area contributed by atoms with Gasteiger partial charge in [-0.15, -0.1) is 0 Å². The van der Waals surface area contributed by atoms with Crippen LogP contribution < -0.4 is 0 Å². The molecular formula is C23H24N4O4. The van der Waals surface area contributed by atoms with Gasteiger partial charge in [0, 0.05) is 39.2 Å². The van der Waals surface area contributed by atoms with Crippen molar-refractivity contribution in [2.24, 2.45) is 0 Å². The average Bonchev–Trinajstić information content (AvgIpc) is 3.18. The van der Waals surface area contributed by atoms with Crippen molar-refractivity contribution in [1.82, 2.24) is 14.8 Å². The summed E-state index contributed by atoms with van der Waals surface area (Å²) < 4.78 is 0. The molecule has 0 bridgehead atoms. The number of carbonyl (C=O) groups excluding carboxylic acids is 2. The van der Waals surface area contributed by atoms with Crippen LogP contribution in [-0.2, 0) is 22.4 Å². The maximum Gasteiger partial charge on any atom is 0.279 e. The second-order valence-corrected chi connectivity index (χ2v) is 8.24. The Kier molecular flexibility index (Phi) is 5.00. The van der Waals surface area contributed by atoms with Crippen LogP contribution in [0.5, 0.6) is 0 Å². The van der Waals surface area contributed by atoms with Gasteiger partial charge in [-0.05, 0) is 24.1 Å². The van der Waals surface area contributed by atoms with E-state index in [2.05, 4.69) is 4.98 Å². The SMILES string of the molecule is CN1C(=O)C(C)(Cc2ccccc2)N(C)C(=O)C1Cc1c[nH]c2cccc([N+](=O)[O-])c12. The number of hydrogen-bond donors (Lipinski definition) is 1. The highest BCUT2D eigenvalue weighted by Gasteiger charge is 2.50. The van der Waals surface area contributed by atoms with E-state index in [4.69, 9.17) is 0 Å². The van der Waals surface area contributed by atoms with Crippen LogP contribution in [0.2, 0.25) is 0 Å². The normalized spacial score (nSPS) is 21.7. The average molecular weight is 420 g/mol. The number of H-pyrrole nitrogens is 1. The summed E-state index contributed by atoms with van der Waals surface area (Å²) in [5, 5.41) is 12.0. The highest BCUT2D eigenvalue weighted by Crippen LogP contribution is 2.33. The monoisotopic (exact) mass is 420 g/mol. The van der Waals surface area contributed by atoms with Gasteiger partial charge in [-0.3, -0.25) is 19.7 Å². The maximum absolute atomic E-state index is 13.4. The molecule has 0 spiro atoms. The first-order valence-electron chi connectivity index (χ1n) is 10.1. The number of carbonyl (C=O) groups is 2. The Morgan fingerprint density at radius 1 is 1.10 bits per heavy atom. The first-order valence-corrected chi connectivity index (χ1v) is 10.1. The standard InChI is InChI=1S/C23H24N4O4/c1-23(13-15-8-5-4-6-9-15)22(29)25(2)19(21(28)26(23)3)12-16-14-24-17-10-7-11-18(20(16)17)27(30)31/h4-11,14,19,24H,12-13H2,1-3H3. The third kappa shape index (κ3) is 3.34. The van der Waals surface area contributed by atoms with Crippen LogP contribution in [0.1, 0.15) is 18.1 Å². The third-order valence-corrected chi connectivity index (χ3v) is 6.37. The smallest absolute Gasteiger partial charge is 0.279 e. The van der Waals surface area contributed by atoms with Gasteiger partial charge in [0.15, 0.2) is 0 Å². The topological polar surface area (TPSA) is 99.6 Å². The molecule has 1 aliphatic rings. The largest absolute Gasteiger partial charge is 0.361 e. The van der Waals surface area contributed by atoms with E-state index in [1.807, 2.05) is 30.3 Å². The van der Waals surface area contributed by atoms with Crippen LogP contribution in [0.4, 0.5) is 5.69 Å². The van der Waals surface area contributed by atoms with E-state index in [0.717, 1.165) is 5.56 Å². The van der Waals surface area contributed by atoms with Gasteiger partial charge < -0.3 is 14.8 Å². The van der Waals surface area contributed by atoms with Crippen molar-refractivity contribution in [2.45, 2.75) is 31.3 Å². The number of rotatable bonds is 5. The van der Waals surface area contributed by atoms with Crippen LogP contribution in [-0.4, -0.2) is 57.2 Å². The van der Waals surface area contributed by atoms with E-state index in [0.29, 0.717) is 22.9 Å². The van der Waals surface area contributed by atoms with Gasteiger partial charge in [0.25, 0.3) is 5.69 Å². The lowest BCUT2D eigenvalue weighted by molar-refractivity contribution is -0.383. The number of piperazine rings is 1. The molecule has 2 atom stereocenters. The predicted octanol–water partition coefficient (Wildman–Crippen LogP) is 2.92. The fourth-order valence-electron chi connectivity index (χ4n) is 4.47. The molecule has 1 fully saturated rings. The van der Waals surface area contributed by atoms with Crippen LogP contribution in [0.25, 0.3) is 10.9 Å². The minimum absolute atomic E-state index is 0.0201. The minimum atomic E-state index is -1.00. The zero-order chi connectivity index (χ0) is 22.3. The van der Waals surface area contributed by atoms with Crippen molar-refractivity contribution in [3.8, 4) is 0 Å². The molecule has 0 radical (unpaired) electrons. The number of nitro benzene ring substituents is 1. The summed E-state index contributed by atoms with van der Waals surface area (Å²) in [6.45, 7) is 1.78. The number of nitrogens with one attached hydrogen (secondary N) is 1. The van der Waals surface area contributed by atoms with Crippen molar-refractivity contribution in [1.29, 1.82) is 0 Å². The van der Waals surface area contributed by atoms with Crippen molar-refractivity contribution < 1.29 is 14.5 Å². The first-order chi connectivity index (χ1) is 14.7. The Hall–Kier alpha value is -3.68. The van der Waals surface area contributed by atoms with Gasteiger partial charge in [-0.1, -0.05) is 36.4 Å². The summed E-state index contributed by atoms with van der Waals surface area (Å²) in [4.78, 5) is 43.9. The van der Waals surface area contributed by atoms with E-state index in [9.17, 15) is 19.7 Å². The van der Waals surface area contributed by atoms with E-state index >= 15 is 0 Å². The van der Waals surface area contributed by atoms with Gasteiger partial charge in [0.1, 0.15) is 11.6 Å². The number of hydrogen-bond acceptors (Lipinski definition) is 4. The van der Waals surface area contributed by atoms with Crippen molar-refractivity contribution >= 4 is 28.4 Å². The van der Waals surface area contributed by atoms with Crippen LogP contribution >= 0.6 is 0 Å². The summed E-state index contributed by atoms with van der Waals surface area (Å²) >= 11 is 0. The molecule has 1 aliphatic heterocycles. The van der Waals surface area contributed by atoms with E-state index in [-0.39, 0.29) is 23.9 Å². The molecule has 1 saturated heterocycles. The molecule has 31 heavy (non-hydrogen) atoms. The third-order valence-electron chi connectivity index (χ3n) is 6.37. The predicted molar refractivity (Wildman–Crippen MR) is 117 cm³/mol. The number of nitrogens with zero attached hydrogens (tertiary/aromatic N) is 3. The molecule has 8 heteroatoms. The lowest BCUT2D eigenvalue weighted by atomic mass is 9.85. The lowest BCUT2D eigenvalue weighted by Gasteiger charge is -2.48. The van der Waals surface area contributed by atoms with Gasteiger partial charge in [0.2, 0.25) is 11.8 Å². The molecule has 2 aromatic carbocycles. The van der Waals surface area contributed by atoms with E-state index in [1.165, 1.54) is 15.9 Å². The Bertz CT molecular complexity index is 1170. The Labute approximate surface area is 179 Å². The minimum Gasteiger partial charge on any atom is -0.361 e. The van der Waals surface area contributed by atoms with E-state index in [1.54, 1.807) is 39.3 Å². The number of benzene rings is 2. The molecule has 2 heterocycles. The highest BCUT2D eigenvalue weighted by molar-refractivity contribution is 6.00. The quantitative estimate of drug-likeness (QED) is 0.507. The Morgan fingerprint density at radius 3 is 2.48 bits per heavy atom. The molecular weight excluding hydrogens is 396 g/mol. The number of amides is 2. The van der Waals surface area contributed by atoms with Crippen LogP contribution in [0.15, 0.2) is 54.7 Å². The van der Waals surface area contributed by atoms with Gasteiger partial charge in [-0.2, -0.15) is 0 Å².